The monoisotopic (exact) mass is 284 g/mol. The predicted molar refractivity (Wildman–Crippen MR) is 64.0 cm³/mol. The number of nitrogens with zero attached hydrogens (tertiary/aromatic N) is 5. The molecule has 1 aliphatic rings. The van der Waals surface area contributed by atoms with Crippen LogP contribution in [0.5, 0.6) is 0 Å². The molecule has 1 aliphatic heterocycles. The molecular weight excluding hydrogens is 272 g/mol. The molecule has 11 nitrogen and oxygen atoms in total. The molecule has 1 aromatic rings. The van der Waals surface area contributed by atoms with Gasteiger partial charge in [-0.1, -0.05) is 5.11 Å². The van der Waals surface area contributed by atoms with Gasteiger partial charge in [0.1, 0.15) is 24.1 Å². The summed E-state index contributed by atoms with van der Waals surface area (Å²) in [6, 6.07) is 1.31. The van der Waals surface area contributed by atoms with Crippen LogP contribution in [-0.4, -0.2) is 49.4 Å². The van der Waals surface area contributed by atoms with E-state index in [0.717, 1.165) is 4.57 Å². The molecule has 0 aromatic carbocycles. The summed E-state index contributed by atoms with van der Waals surface area (Å²) in [5.74, 6) is -0.00931. The van der Waals surface area contributed by atoms with Gasteiger partial charge in [-0.25, -0.2) is 4.79 Å². The van der Waals surface area contributed by atoms with E-state index in [1.54, 1.807) is 0 Å². The van der Waals surface area contributed by atoms with E-state index in [2.05, 4.69) is 15.0 Å². The molecule has 1 aromatic heterocycles. The number of aliphatic hydroxyl groups excluding tert-OH is 3. The lowest BCUT2D eigenvalue weighted by molar-refractivity contribution is -0.0836. The van der Waals surface area contributed by atoms with Crippen molar-refractivity contribution in [2.45, 2.75) is 30.8 Å². The van der Waals surface area contributed by atoms with Crippen LogP contribution in [-0.2, 0) is 4.74 Å². The van der Waals surface area contributed by atoms with Crippen LogP contribution in [0.4, 0.5) is 5.82 Å². The summed E-state index contributed by atoms with van der Waals surface area (Å²) in [4.78, 5) is 17.5. The summed E-state index contributed by atoms with van der Waals surface area (Å²) in [7, 11) is 0. The highest BCUT2D eigenvalue weighted by atomic mass is 16.6. The summed E-state index contributed by atoms with van der Waals surface area (Å²) in [6.07, 6.45) is -6.16. The van der Waals surface area contributed by atoms with Gasteiger partial charge in [-0.05, 0) is 11.6 Å². The number of aliphatic hydroxyl groups is 3. The fourth-order valence-corrected chi connectivity index (χ4v) is 1.90. The molecule has 20 heavy (non-hydrogen) atoms. The van der Waals surface area contributed by atoms with Gasteiger partial charge in [0.2, 0.25) is 0 Å². The maximum Gasteiger partial charge on any atom is 0.351 e. The zero-order valence-corrected chi connectivity index (χ0v) is 10.0. The van der Waals surface area contributed by atoms with Crippen molar-refractivity contribution in [2.75, 3.05) is 5.73 Å². The third-order valence-corrected chi connectivity index (χ3v) is 2.86. The molecule has 0 bridgehead atoms. The Kier molecular flexibility index (Phi) is 3.88. The van der Waals surface area contributed by atoms with Crippen molar-refractivity contribution >= 4 is 5.82 Å². The minimum absolute atomic E-state index is 0.00931. The third-order valence-electron chi connectivity index (χ3n) is 2.86. The van der Waals surface area contributed by atoms with Crippen molar-refractivity contribution in [2.24, 2.45) is 5.11 Å². The Morgan fingerprint density at radius 3 is 2.85 bits per heavy atom. The van der Waals surface area contributed by atoms with Gasteiger partial charge in [0.05, 0.1) is 0 Å². The number of ether oxygens (including phenoxy) is 1. The molecule has 0 amide bonds. The Bertz CT molecular complexity index is 599. The summed E-state index contributed by atoms with van der Waals surface area (Å²) < 4.78 is 6.08. The molecular formula is C9H12N6O5. The second kappa shape index (κ2) is 5.45. The zero-order valence-electron chi connectivity index (χ0n) is 10.0. The number of azide groups is 1. The highest BCUT2D eigenvalue weighted by molar-refractivity contribution is 5.23. The van der Waals surface area contributed by atoms with Crippen molar-refractivity contribution < 1.29 is 20.1 Å². The maximum atomic E-state index is 11.6. The molecule has 0 saturated carbocycles. The van der Waals surface area contributed by atoms with Gasteiger partial charge in [-0.3, -0.25) is 4.57 Å². The van der Waals surface area contributed by atoms with E-state index >= 15 is 0 Å². The molecule has 0 spiro atoms. The van der Waals surface area contributed by atoms with Crippen LogP contribution in [0.1, 0.15) is 6.23 Å². The second-order valence-corrected chi connectivity index (χ2v) is 4.13. The normalized spacial score (nSPS) is 30.8. The van der Waals surface area contributed by atoms with Crippen LogP contribution in [0.2, 0.25) is 0 Å². The van der Waals surface area contributed by atoms with Crippen LogP contribution in [0.15, 0.2) is 22.2 Å². The number of hydrogen-bond donors (Lipinski definition) is 4. The first kappa shape index (κ1) is 14.2. The molecule has 108 valence electrons. The van der Waals surface area contributed by atoms with E-state index in [1.165, 1.54) is 12.3 Å². The smallest absolute Gasteiger partial charge is 0.351 e. The van der Waals surface area contributed by atoms with Gasteiger partial charge in [-0.15, -0.1) is 0 Å². The van der Waals surface area contributed by atoms with Crippen LogP contribution in [0.25, 0.3) is 10.4 Å². The molecule has 2 heterocycles. The summed E-state index contributed by atoms with van der Waals surface area (Å²) in [6.45, 7) is 0. The molecule has 0 radical (unpaired) electrons. The Hall–Kier alpha value is -2.17. The molecule has 0 aliphatic carbocycles. The average Bonchev–Trinajstić information content (AvgIpc) is 2.67. The summed E-state index contributed by atoms with van der Waals surface area (Å²) in [5.41, 5.74) is 12.8. The topological polar surface area (TPSA) is 180 Å². The summed E-state index contributed by atoms with van der Waals surface area (Å²) >= 11 is 0. The first-order chi connectivity index (χ1) is 9.45. The van der Waals surface area contributed by atoms with Gasteiger partial charge >= 0.3 is 5.69 Å². The van der Waals surface area contributed by atoms with E-state index in [0.29, 0.717) is 0 Å². The Balaban J connectivity index is 2.30. The lowest BCUT2D eigenvalue weighted by Crippen LogP contribution is -2.38. The predicted octanol–water partition coefficient (Wildman–Crippen LogP) is -1.93. The number of rotatable bonds is 3. The van der Waals surface area contributed by atoms with Crippen LogP contribution in [0, 0.1) is 0 Å². The van der Waals surface area contributed by atoms with E-state index in [-0.39, 0.29) is 5.82 Å². The fourth-order valence-electron chi connectivity index (χ4n) is 1.90. The number of nitrogens with two attached hydrogens (primary N) is 1. The lowest BCUT2D eigenvalue weighted by atomic mass is 10.1. The third kappa shape index (κ3) is 2.43. The van der Waals surface area contributed by atoms with Gasteiger partial charge in [0.15, 0.2) is 12.5 Å². The van der Waals surface area contributed by atoms with E-state index in [1.807, 2.05) is 0 Å². The minimum atomic E-state index is -1.70. The van der Waals surface area contributed by atoms with Crippen molar-refractivity contribution in [3.8, 4) is 0 Å². The van der Waals surface area contributed by atoms with Gasteiger partial charge in [0, 0.05) is 11.1 Å². The van der Waals surface area contributed by atoms with Crippen molar-refractivity contribution in [1.29, 1.82) is 0 Å². The Morgan fingerprint density at radius 1 is 1.55 bits per heavy atom. The molecule has 2 rings (SSSR count). The second-order valence-electron chi connectivity index (χ2n) is 4.13. The highest BCUT2D eigenvalue weighted by Crippen LogP contribution is 2.30. The number of anilines is 1. The largest absolute Gasteiger partial charge is 0.387 e. The number of nitrogen functional groups attached to an aromatic ring is 1. The fraction of sp³-hybridized carbons (Fsp3) is 0.556. The highest BCUT2D eigenvalue weighted by Gasteiger charge is 2.47. The van der Waals surface area contributed by atoms with Gasteiger partial charge in [0.25, 0.3) is 0 Å². The standard InChI is InChI=1S/C9H12N6O5/c10-3-1-2-15(9(19)12-3)8-5(17)4(16)6(20-8)7(18)13-14-11/h1-2,4-8,16-18H,(H2,10,12,19)/t4-,5+,6-,7?,8+/m0/s1. The number of hydrogen-bond acceptors (Lipinski definition) is 8. The van der Waals surface area contributed by atoms with E-state index in [4.69, 9.17) is 16.0 Å². The molecule has 5 atom stereocenters. The van der Waals surface area contributed by atoms with Crippen molar-refractivity contribution in [1.82, 2.24) is 9.55 Å². The molecule has 1 fully saturated rings. The Labute approximate surface area is 111 Å². The van der Waals surface area contributed by atoms with Crippen LogP contribution < -0.4 is 11.4 Å². The molecule has 1 unspecified atom stereocenters. The van der Waals surface area contributed by atoms with E-state index < -0.39 is 36.5 Å². The zero-order chi connectivity index (χ0) is 14.9. The van der Waals surface area contributed by atoms with Crippen molar-refractivity contribution in [3.63, 3.8) is 0 Å². The van der Waals surface area contributed by atoms with E-state index in [9.17, 15) is 20.1 Å². The average molecular weight is 284 g/mol. The minimum Gasteiger partial charge on any atom is -0.387 e. The SMILES string of the molecule is [N-]=[N+]=NC(O)[C@H]1O[C@@H](n2ccc(N)nc2=O)[C@H](O)[C@@H]1O. The quantitative estimate of drug-likeness (QED) is 0.283. The van der Waals surface area contributed by atoms with Crippen LogP contribution >= 0.6 is 0 Å². The maximum absolute atomic E-state index is 11.6. The van der Waals surface area contributed by atoms with Crippen LogP contribution in [0.3, 0.4) is 0 Å². The molecule has 11 heteroatoms. The van der Waals surface area contributed by atoms with Gasteiger partial charge < -0.3 is 25.8 Å². The van der Waals surface area contributed by atoms with Gasteiger partial charge in [-0.2, -0.15) is 4.98 Å². The van der Waals surface area contributed by atoms with Crippen molar-refractivity contribution in [3.05, 3.63) is 33.2 Å². The number of aromatic nitrogens is 2. The Morgan fingerprint density at radius 2 is 2.25 bits per heavy atom. The first-order valence-corrected chi connectivity index (χ1v) is 5.54. The molecule has 5 N–H and O–H groups in total. The summed E-state index contributed by atoms with van der Waals surface area (Å²) in [5, 5.41) is 32.1. The molecule has 1 saturated heterocycles. The first-order valence-electron chi connectivity index (χ1n) is 5.54. The lowest BCUT2D eigenvalue weighted by Gasteiger charge is -2.17.